The van der Waals surface area contributed by atoms with Crippen LogP contribution >= 0.6 is 0 Å². The van der Waals surface area contributed by atoms with Gasteiger partial charge in [0.05, 0.1) is 6.04 Å². The summed E-state index contributed by atoms with van der Waals surface area (Å²) in [7, 11) is 0. The van der Waals surface area contributed by atoms with Crippen molar-refractivity contribution in [2.45, 2.75) is 12.1 Å². The van der Waals surface area contributed by atoms with Crippen LogP contribution in [0.4, 0.5) is 4.39 Å². The van der Waals surface area contributed by atoms with Crippen LogP contribution in [-0.4, -0.2) is 23.3 Å². The van der Waals surface area contributed by atoms with E-state index in [0.29, 0.717) is 22.4 Å². The molecule has 29 heavy (non-hydrogen) atoms. The van der Waals surface area contributed by atoms with Gasteiger partial charge >= 0.3 is 0 Å². The van der Waals surface area contributed by atoms with Gasteiger partial charge in [0.2, 0.25) is 5.91 Å². The van der Waals surface area contributed by atoms with Gasteiger partial charge in [0.25, 0.3) is 5.91 Å². The lowest BCUT2D eigenvalue weighted by molar-refractivity contribution is -0.123. The van der Waals surface area contributed by atoms with Crippen LogP contribution < -0.4 is 10.5 Å². The number of nitrogens with two attached hydrogens (primary N) is 1. The van der Waals surface area contributed by atoms with Crippen LogP contribution in [-0.2, 0) is 4.79 Å². The van der Waals surface area contributed by atoms with E-state index in [1.807, 2.05) is 6.07 Å². The zero-order chi connectivity index (χ0) is 20.4. The summed E-state index contributed by atoms with van der Waals surface area (Å²) in [5.41, 5.74) is 7.25. The molecule has 2 atom stereocenters. The molecule has 0 saturated heterocycles. The molecular formula is C23H19FN2O3. The quantitative estimate of drug-likeness (QED) is 0.723. The monoisotopic (exact) mass is 390 g/mol. The molecule has 3 aromatic rings. The zero-order valence-corrected chi connectivity index (χ0v) is 15.5. The molecule has 1 aliphatic rings. The number of nitrogens with zero attached hydrogens (tertiary/aromatic N) is 1. The molecule has 0 radical (unpaired) electrons. The molecule has 0 spiro atoms. The highest BCUT2D eigenvalue weighted by Gasteiger charge is 2.40. The standard InChI is InChI=1S/C23H19FN2O3/c24-17-11-12-20-18(13-17)19(14-29-20)26(23(28)16-9-5-2-6-10-16)21(22(25)27)15-7-3-1-4-8-15/h1-13,19,21H,14H2,(H2,25,27)/t19-,21-/m1/s1. The Bertz CT molecular complexity index is 1040. The maximum Gasteiger partial charge on any atom is 0.255 e. The number of rotatable bonds is 5. The number of carbonyl (C=O) groups excluding carboxylic acids is 2. The molecule has 4 rings (SSSR count). The van der Waals surface area contributed by atoms with Crippen LogP contribution in [0, 0.1) is 5.82 Å². The zero-order valence-electron chi connectivity index (χ0n) is 15.5. The van der Waals surface area contributed by atoms with E-state index in [4.69, 9.17) is 10.5 Å². The summed E-state index contributed by atoms with van der Waals surface area (Å²) in [6.07, 6.45) is 0. The minimum Gasteiger partial charge on any atom is -0.491 e. The second kappa shape index (κ2) is 7.75. The third kappa shape index (κ3) is 3.57. The number of hydrogen-bond acceptors (Lipinski definition) is 3. The van der Waals surface area contributed by atoms with Crippen molar-refractivity contribution in [3.63, 3.8) is 0 Å². The Morgan fingerprint density at radius 3 is 2.31 bits per heavy atom. The highest BCUT2D eigenvalue weighted by atomic mass is 19.1. The fourth-order valence-corrected chi connectivity index (χ4v) is 3.67. The van der Waals surface area contributed by atoms with E-state index in [2.05, 4.69) is 0 Å². The van der Waals surface area contributed by atoms with Gasteiger partial charge in [-0.1, -0.05) is 48.5 Å². The summed E-state index contributed by atoms with van der Waals surface area (Å²) in [6, 6.07) is 19.9. The van der Waals surface area contributed by atoms with Gasteiger partial charge in [-0.3, -0.25) is 9.59 Å². The summed E-state index contributed by atoms with van der Waals surface area (Å²) < 4.78 is 19.6. The Morgan fingerprint density at radius 2 is 1.66 bits per heavy atom. The lowest BCUT2D eigenvalue weighted by atomic mass is 9.98. The average molecular weight is 390 g/mol. The van der Waals surface area contributed by atoms with Crippen molar-refractivity contribution in [2.24, 2.45) is 5.73 Å². The molecule has 146 valence electrons. The van der Waals surface area contributed by atoms with Crippen LogP contribution in [0.15, 0.2) is 78.9 Å². The van der Waals surface area contributed by atoms with Gasteiger partial charge < -0.3 is 15.4 Å². The molecule has 0 bridgehead atoms. The molecule has 2 N–H and O–H groups in total. The SMILES string of the molecule is NC(=O)[C@@H](c1ccccc1)N(C(=O)c1ccccc1)[C@@H]1COc2ccc(F)cc21. The lowest BCUT2D eigenvalue weighted by Crippen LogP contribution is -2.44. The molecule has 0 aromatic heterocycles. The molecule has 0 unspecified atom stereocenters. The number of hydrogen-bond donors (Lipinski definition) is 1. The number of amides is 2. The molecule has 1 heterocycles. The molecule has 5 nitrogen and oxygen atoms in total. The first kappa shape index (κ1) is 18.7. The number of fused-ring (bicyclic) bond motifs is 1. The molecule has 6 heteroatoms. The van der Waals surface area contributed by atoms with Gasteiger partial charge in [0, 0.05) is 11.1 Å². The topological polar surface area (TPSA) is 72.6 Å². The maximum atomic E-state index is 14.0. The Morgan fingerprint density at radius 1 is 1.00 bits per heavy atom. The molecular weight excluding hydrogens is 371 g/mol. The normalized spacial score (nSPS) is 15.8. The second-order valence-corrected chi connectivity index (χ2v) is 6.80. The lowest BCUT2D eigenvalue weighted by Gasteiger charge is -2.34. The van der Waals surface area contributed by atoms with Crippen molar-refractivity contribution in [3.05, 3.63) is 101 Å². The molecule has 3 aromatic carbocycles. The van der Waals surface area contributed by atoms with Crippen molar-refractivity contribution in [3.8, 4) is 5.75 Å². The number of halogens is 1. The highest BCUT2D eigenvalue weighted by molar-refractivity contribution is 5.98. The van der Waals surface area contributed by atoms with E-state index in [9.17, 15) is 14.0 Å². The fourth-order valence-electron chi connectivity index (χ4n) is 3.67. The van der Waals surface area contributed by atoms with E-state index in [1.165, 1.54) is 23.1 Å². The number of benzene rings is 3. The van der Waals surface area contributed by atoms with Crippen LogP contribution in [0.25, 0.3) is 0 Å². The van der Waals surface area contributed by atoms with Gasteiger partial charge in [-0.2, -0.15) is 0 Å². The van der Waals surface area contributed by atoms with Gasteiger partial charge in [-0.05, 0) is 35.9 Å². The molecule has 0 fully saturated rings. The second-order valence-electron chi connectivity index (χ2n) is 6.80. The average Bonchev–Trinajstić information content (AvgIpc) is 3.15. The third-order valence-electron chi connectivity index (χ3n) is 4.98. The summed E-state index contributed by atoms with van der Waals surface area (Å²) in [4.78, 5) is 27.4. The van der Waals surface area contributed by atoms with E-state index in [0.717, 1.165) is 0 Å². The fraction of sp³-hybridized carbons (Fsp3) is 0.130. The first-order chi connectivity index (χ1) is 14.1. The Balaban J connectivity index is 1.86. The van der Waals surface area contributed by atoms with Crippen LogP contribution in [0.1, 0.15) is 33.6 Å². The Hall–Kier alpha value is -3.67. The Labute approximate surface area is 167 Å². The maximum absolute atomic E-state index is 14.0. The minimum atomic E-state index is -1.04. The smallest absolute Gasteiger partial charge is 0.255 e. The van der Waals surface area contributed by atoms with E-state index in [-0.39, 0.29) is 12.5 Å². The molecule has 2 amide bonds. The van der Waals surface area contributed by atoms with Crippen molar-refractivity contribution < 1.29 is 18.7 Å². The van der Waals surface area contributed by atoms with E-state index in [1.54, 1.807) is 54.6 Å². The number of ether oxygens (including phenoxy) is 1. The summed E-state index contributed by atoms with van der Waals surface area (Å²) in [6.45, 7) is 0.105. The van der Waals surface area contributed by atoms with Crippen molar-refractivity contribution in [1.82, 2.24) is 4.90 Å². The summed E-state index contributed by atoms with van der Waals surface area (Å²) >= 11 is 0. The van der Waals surface area contributed by atoms with Crippen LogP contribution in [0.3, 0.4) is 0 Å². The van der Waals surface area contributed by atoms with Gasteiger partial charge in [0.1, 0.15) is 24.2 Å². The van der Waals surface area contributed by atoms with Crippen molar-refractivity contribution in [2.75, 3.05) is 6.61 Å². The predicted molar refractivity (Wildman–Crippen MR) is 106 cm³/mol. The Kier molecular flexibility index (Phi) is 4.99. The number of carbonyl (C=O) groups is 2. The van der Waals surface area contributed by atoms with Gasteiger partial charge in [0.15, 0.2) is 0 Å². The van der Waals surface area contributed by atoms with Crippen molar-refractivity contribution in [1.29, 1.82) is 0 Å². The first-order valence-corrected chi connectivity index (χ1v) is 9.20. The van der Waals surface area contributed by atoms with Gasteiger partial charge in [-0.25, -0.2) is 4.39 Å². The molecule has 0 aliphatic carbocycles. The van der Waals surface area contributed by atoms with E-state index < -0.39 is 23.8 Å². The molecule has 0 saturated carbocycles. The van der Waals surface area contributed by atoms with Gasteiger partial charge in [-0.15, -0.1) is 0 Å². The minimum absolute atomic E-state index is 0.105. The summed E-state index contributed by atoms with van der Waals surface area (Å²) in [5.74, 6) is -1.02. The predicted octanol–water partition coefficient (Wildman–Crippen LogP) is 3.63. The first-order valence-electron chi connectivity index (χ1n) is 9.20. The van der Waals surface area contributed by atoms with E-state index >= 15 is 0 Å². The summed E-state index contributed by atoms with van der Waals surface area (Å²) in [5, 5.41) is 0. The third-order valence-corrected chi connectivity index (χ3v) is 4.98. The number of primary amides is 1. The largest absolute Gasteiger partial charge is 0.491 e. The van der Waals surface area contributed by atoms with Crippen LogP contribution in [0.2, 0.25) is 0 Å². The van der Waals surface area contributed by atoms with Crippen LogP contribution in [0.5, 0.6) is 5.75 Å². The highest BCUT2D eigenvalue weighted by Crippen LogP contribution is 2.41. The van der Waals surface area contributed by atoms with Crippen molar-refractivity contribution >= 4 is 11.8 Å². The molecule has 1 aliphatic heterocycles.